The lowest BCUT2D eigenvalue weighted by molar-refractivity contribution is 0.101. The lowest BCUT2D eigenvalue weighted by Crippen LogP contribution is -2.37. The Bertz CT molecular complexity index is 429. The normalized spacial score (nSPS) is 19.8. The summed E-state index contributed by atoms with van der Waals surface area (Å²) in [5.41, 5.74) is 1.09. The van der Waals surface area contributed by atoms with E-state index in [4.69, 9.17) is 0 Å². The first-order chi connectivity index (χ1) is 8.39. The number of rotatable bonds is 3. The Hall–Kier alpha value is -0.900. The monoisotopic (exact) mass is 266 g/mol. The zero-order valence-electron chi connectivity index (χ0n) is 11.7. The number of hydrogen-bond donors (Lipinski definition) is 0. The summed E-state index contributed by atoms with van der Waals surface area (Å²) in [7, 11) is 2.10. The highest BCUT2D eigenvalue weighted by molar-refractivity contribution is 7.13. The Kier molecular flexibility index (Phi) is 3.76. The first-order valence-corrected chi connectivity index (χ1v) is 7.46. The topological polar surface area (TPSA) is 33.2 Å². The second kappa shape index (κ2) is 5.00. The highest BCUT2D eigenvalue weighted by atomic mass is 32.1. The van der Waals surface area contributed by atoms with Gasteiger partial charge in [-0.25, -0.2) is 4.98 Å². The van der Waals surface area contributed by atoms with Crippen molar-refractivity contribution in [3.8, 4) is 0 Å². The van der Waals surface area contributed by atoms with E-state index in [9.17, 15) is 4.79 Å². The molecule has 0 saturated heterocycles. The first-order valence-electron chi connectivity index (χ1n) is 6.58. The molecule has 0 aromatic carbocycles. The molecule has 1 aliphatic rings. The number of nitrogens with zero attached hydrogens (tertiary/aromatic N) is 2. The summed E-state index contributed by atoms with van der Waals surface area (Å²) >= 11 is 1.57. The second-order valence-electron chi connectivity index (χ2n) is 6.08. The van der Waals surface area contributed by atoms with Crippen LogP contribution in [0.3, 0.4) is 0 Å². The lowest BCUT2D eigenvalue weighted by atomic mass is 9.75. The number of ketones is 1. The Morgan fingerprint density at radius 2 is 2.06 bits per heavy atom. The smallest absolute Gasteiger partial charge is 0.185 e. The fourth-order valence-corrected chi connectivity index (χ4v) is 3.42. The van der Waals surface area contributed by atoms with Gasteiger partial charge in [-0.1, -0.05) is 13.8 Å². The standard InChI is InChI=1S/C14H22N2OS/c1-10(17)12-9-18-13(15-12)16(4)11-5-7-14(2,3)8-6-11/h9,11H,5-8H2,1-4H3. The summed E-state index contributed by atoms with van der Waals surface area (Å²) in [6, 6.07) is 0.573. The summed E-state index contributed by atoms with van der Waals surface area (Å²) in [6.45, 7) is 6.27. The van der Waals surface area contributed by atoms with Crippen molar-refractivity contribution in [3.63, 3.8) is 0 Å². The van der Waals surface area contributed by atoms with Crippen molar-refractivity contribution in [2.24, 2.45) is 5.41 Å². The van der Waals surface area contributed by atoms with Gasteiger partial charge in [0.05, 0.1) is 0 Å². The Labute approximate surface area is 113 Å². The van der Waals surface area contributed by atoms with Crippen molar-refractivity contribution in [3.05, 3.63) is 11.1 Å². The molecule has 0 unspecified atom stereocenters. The average Bonchev–Trinajstić information content (AvgIpc) is 2.77. The predicted octanol–water partition coefficient (Wildman–Crippen LogP) is 3.75. The van der Waals surface area contributed by atoms with Crippen LogP contribution in [0.15, 0.2) is 5.38 Å². The Balaban J connectivity index is 2.03. The van der Waals surface area contributed by atoms with Crippen molar-refractivity contribution in [1.82, 2.24) is 4.98 Å². The highest BCUT2D eigenvalue weighted by Crippen LogP contribution is 2.38. The third kappa shape index (κ3) is 2.91. The predicted molar refractivity (Wildman–Crippen MR) is 76.6 cm³/mol. The third-order valence-electron chi connectivity index (χ3n) is 4.01. The molecule has 1 aromatic rings. The van der Waals surface area contributed by atoms with E-state index < -0.39 is 0 Å². The van der Waals surface area contributed by atoms with Crippen LogP contribution < -0.4 is 4.90 Å². The van der Waals surface area contributed by atoms with E-state index >= 15 is 0 Å². The van der Waals surface area contributed by atoms with E-state index in [2.05, 4.69) is 30.8 Å². The number of anilines is 1. The van der Waals surface area contributed by atoms with E-state index in [1.165, 1.54) is 25.7 Å². The average molecular weight is 266 g/mol. The number of thiazole rings is 1. The van der Waals surface area contributed by atoms with Crippen LogP contribution >= 0.6 is 11.3 Å². The fraction of sp³-hybridized carbons (Fsp3) is 0.714. The molecule has 0 amide bonds. The number of carbonyl (C=O) groups excluding carboxylic acids is 1. The maximum Gasteiger partial charge on any atom is 0.185 e. The molecular weight excluding hydrogens is 244 g/mol. The zero-order chi connectivity index (χ0) is 13.3. The number of aromatic nitrogens is 1. The number of carbonyl (C=O) groups is 1. The van der Waals surface area contributed by atoms with Gasteiger partial charge in [0.25, 0.3) is 0 Å². The molecule has 2 rings (SSSR count). The van der Waals surface area contributed by atoms with Gasteiger partial charge < -0.3 is 4.90 Å². The van der Waals surface area contributed by atoms with E-state index in [0.29, 0.717) is 17.2 Å². The maximum absolute atomic E-state index is 11.3. The van der Waals surface area contributed by atoms with E-state index in [1.54, 1.807) is 18.3 Å². The van der Waals surface area contributed by atoms with Crippen LogP contribution in [0.2, 0.25) is 0 Å². The van der Waals surface area contributed by atoms with Gasteiger partial charge in [-0.05, 0) is 31.1 Å². The molecule has 0 bridgehead atoms. The van der Waals surface area contributed by atoms with Crippen molar-refractivity contribution < 1.29 is 4.79 Å². The van der Waals surface area contributed by atoms with E-state index in [-0.39, 0.29) is 5.78 Å². The summed E-state index contributed by atoms with van der Waals surface area (Å²) in [6.07, 6.45) is 4.98. The van der Waals surface area contributed by atoms with Crippen LogP contribution in [0.5, 0.6) is 0 Å². The molecule has 1 fully saturated rings. The van der Waals surface area contributed by atoms with Gasteiger partial charge >= 0.3 is 0 Å². The van der Waals surface area contributed by atoms with Gasteiger partial charge in [0.1, 0.15) is 5.69 Å². The first kappa shape index (κ1) is 13.5. The Morgan fingerprint density at radius 3 is 2.56 bits per heavy atom. The SMILES string of the molecule is CC(=O)c1csc(N(C)C2CCC(C)(C)CC2)n1. The fourth-order valence-electron chi connectivity index (χ4n) is 2.52. The summed E-state index contributed by atoms with van der Waals surface area (Å²) in [4.78, 5) is 17.9. The minimum absolute atomic E-state index is 0.0516. The second-order valence-corrected chi connectivity index (χ2v) is 6.91. The molecule has 3 nitrogen and oxygen atoms in total. The molecule has 0 spiro atoms. The van der Waals surface area contributed by atoms with Gasteiger partial charge in [0.15, 0.2) is 10.9 Å². The van der Waals surface area contributed by atoms with Crippen molar-refractivity contribution >= 4 is 22.3 Å². The van der Waals surface area contributed by atoms with E-state index in [1.807, 2.05) is 5.38 Å². The molecule has 18 heavy (non-hydrogen) atoms. The van der Waals surface area contributed by atoms with Crippen molar-refractivity contribution in [2.75, 3.05) is 11.9 Å². The molecule has 1 aliphatic carbocycles. The molecule has 0 aliphatic heterocycles. The molecule has 1 saturated carbocycles. The molecule has 100 valence electrons. The van der Waals surface area contributed by atoms with E-state index in [0.717, 1.165) is 5.13 Å². The molecular formula is C14H22N2OS. The van der Waals surface area contributed by atoms with Gasteiger partial charge in [0.2, 0.25) is 0 Å². The molecule has 0 radical (unpaired) electrons. The summed E-state index contributed by atoms with van der Waals surface area (Å²) in [5.74, 6) is 0.0516. The van der Waals surface area contributed by atoms with Crippen LogP contribution in [-0.4, -0.2) is 23.9 Å². The van der Waals surface area contributed by atoms with Gasteiger partial charge in [0, 0.05) is 25.4 Å². The largest absolute Gasteiger partial charge is 0.348 e. The third-order valence-corrected chi connectivity index (χ3v) is 4.94. The minimum Gasteiger partial charge on any atom is -0.348 e. The molecule has 1 aromatic heterocycles. The van der Waals surface area contributed by atoms with Crippen LogP contribution in [0, 0.1) is 5.41 Å². The minimum atomic E-state index is 0.0516. The summed E-state index contributed by atoms with van der Waals surface area (Å²) in [5, 5.41) is 2.84. The van der Waals surface area contributed by atoms with Crippen LogP contribution in [0.25, 0.3) is 0 Å². The zero-order valence-corrected chi connectivity index (χ0v) is 12.5. The van der Waals surface area contributed by atoms with Crippen LogP contribution in [-0.2, 0) is 0 Å². The van der Waals surface area contributed by atoms with Gasteiger partial charge in [-0.2, -0.15) is 0 Å². The molecule has 4 heteroatoms. The highest BCUT2D eigenvalue weighted by Gasteiger charge is 2.29. The number of Topliss-reactive ketones (excluding diaryl/α,β-unsaturated/α-hetero) is 1. The van der Waals surface area contributed by atoms with Crippen molar-refractivity contribution in [2.45, 2.75) is 52.5 Å². The van der Waals surface area contributed by atoms with Crippen LogP contribution in [0.4, 0.5) is 5.13 Å². The molecule has 0 N–H and O–H groups in total. The van der Waals surface area contributed by atoms with Gasteiger partial charge in [-0.3, -0.25) is 4.79 Å². The maximum atomic E-state index is 11.3. The quantitative estimate of drug-likeness (QED) is 0.781. The summed E-state index contributed by atoms with van der Waals surface area (Å²) < 4.78 is 0. The van der Waals surface area contributed by atoms with Crippen LogP contribution in [0.1, 0.15) is 56.9 Å². The lowest BCUT2D eigenvalue weighted by Gasteiger charge is -2.38. The van der Waals surface area contributed by atoms with Gasteiger partial charge in [-0.15, -0.1) is 11.3 Å². The molecule has 1 heterocycles. The molecule has 0 atom stereocenters. The number of hydrogen-bond acceptors (Lipinski definition) is 4. The Morgan fingerprint density at radius 1 is 1.44 bits per heavy atom. The van der Waals surface area contributed by atoms with Crippen molar-refractivity contribution in [1.29, 1.82) is 0 Å².